The molecule has 0 unspecified atom stereocenters. The van der Waals surface area contributed by atoms with Gasteiger partial charge in [0, 0.05) is 58.5 Å². The first-order valence-electron chi connectivity index (χ1n) is 23.8. The normalized spacial score (nSPS) is 11.9. The van der Waals surface area contributed by atoms with Gasteiger partial charge in [0.25, 0.3) is 0 Å². The summed E-state index contributed by atoms with van der Waals surface area (Å²) < 4.78 is 7.32. The molecule has 0 saturated carbocycles. The van der Waals surface area contributed by atoms with Crippen LogP contribution in [0.1, 0.15) is 70.1 Å². The number of hydrogen-bond donors (Lipinski definition) is 0. The van der Waals surface area contributed by atoms with E-state index in [-0.39, 0.29) is 20.1 Å². The molecule has 0 saturated heterocycles. The third-order valence-electron chi connectivity index (χ3n) is 13.0. The van der Waals surface area contributed by atoms with E-state index >= 15 is 0 Å². The predicted octanol–water partition coefficient (Wildman–Crippen LogP) is 16.5. The number of fused-ring (bicyclic) bond motifs is 7. The van der Waals surface area contributed by atoms with E-state index in [4.69, 9.17) is 4.98 Å². The standard InChI is InChI=1S/C43H34N3S.C18H24NSi.Ir/c1-26(2)28-17-13-18-29(27(3)4)41(28)46-37-22-11-8-19-34(37)44-43(46)33-24-25-38(40-32-16-7-12-23-39(32)47-42(33)40)45-35-20-9-5-14-30(35)31-15-6-10-21-36(31)45;1-14(2)11-16-12-17(15-9-7-6-8-10-15)19-13-18(16)20(3,4)5;/h5-23,25-27H,1-4H3;6-9,12-14H,11H2,1-5H3;/q2*-1;. The second-order valence-corrected chi connectivity index (χ2v) is 26.0. The first-order chi connectivity index (χ1) is 32.4. The van der Waals surface area contributed by atoms with Gasteiger partial charge in [-0.2, -0.15) is 11.3 Å². The molecule has 0 bridgehead atoms. The minimum atomic E-state index is -1.34. The van der Waals surface area contributed by atoms with Crippen molar-refractivity contribution in [3.8, 4) is 34.0 Å². The van der Waals surface area contributed by atoms with Gasteiger partial charge in [0.15, 0.2) is 0 Å². The van der Waals surface area contributed by atoms with Crippen molar-refractivity contribution < 1.29 is 20.1 Å². The molecule has 0 N–H and O–H groups in total. The van der Waals surface area contributed by atoms with Crippen molar-refractivity contribution in [1.82, 2.24) is 19.1 Å². The first-order valence-corrected chi connectivity index (χ1v) is 28.1. The molecule has 4 nitrogen and oxygen atoms in total. The van der Waals surface area contributed by atoms with E-state index < -0.39 is 8.07 Å². The first kappa shape index (κ1) is 47.1. The molecule has 1 radical (unpaired) electrons. The molecule has 0 spiro atoms. The summed E-state index contributed by atoms with van der Waals surface area (Å²) in [6.45, 7) is 20.9. The van der Waals surface area contributed by atoms with Crippen molar-refractivity contribution in [3.63, 3.8) is 0 Å². The average Bonchev–Trinajstić information content (AvgIpc) is 4.01. The summed E-state index contributed by atoms with van der Waals surface area (Å²) in [5, 5.41) is 6.51. The van der Waals surface area contributed by atoms with Crippen LogP contribution in [0, 0.1) is 18.1 Å². The van der Waals surface area contributed by atoms with Crippen molar-refractivity contribution in [2.45, 2.75) is 79.4 Å². The number of rotatable bonds is 9. The molecule has 0 fully saturated rings. The molecule has 68 heavy (non-hydrogen) atoms. The molecule has 11 aromatic rings. The van der Waals surface area contributed by atoms with Crippen LogP contribution in [-0.4, -0.2) is 27.2 Å². The van der Waals surface area contributed by atoms with Crippen molar-refractivity contribution in [2.24, 2.45) is 5.92 Å². The van der Waals surface area contributed by atoms with Crippen LogP contribution in [0.15, 0.2) is 158 Å². The fourth-order valence-corrected chi connectivity index (χ4v) is 12.8. The molecule has 0 aliphatic carbocycles. The Balaban J connectivity index is 0.000000232. The second-order valence-electron chi connectivity index (χ2n) is 19.9. The SMILES string of the molecule is CC(C)Cc1cc(-c2[c-]cccc2)ncc1[Si](C)(C)C.CC(C)c1cccc(C(C)C)c1-n1c(-c2[c-]cc(-n3c4ccccc4c4ccccc43)c3c2sc2ccccc23)nc2ccccc21.[Ir]. The molecule has 4 heterocycles. The molecule has 0 aliphatic rings. The van der Waals surface area contributed by atoms with Gasteiger partial charge in [-0.15, -0.1) is 48.0 Å². The third kappa shape index (κ3) is 8.60. The van der Waals surface area contributed by atoms with E-state index in [1.54, 1.807) is 0 Å². The summed E-state index contributed by atoms with van der Waals surface area (Å²) in [5.41, 5.74) is 14.2. The second kappa shape index (κ2) is 19.2. The van der Waals surface area contributed by atoms with E-state index in [9.17, 15) is 0 Å². The van der Waals surface area contributed by atoms with Gasteiger partial charge in [-0.1, -0.05) is 169 Å². The van der Waals surface area contributed by atoms with E-state index in [1.807, 2.05) is 29.5 Å². The molecular weight excluding hydrogens is 1040 g/mol. The quantitative estimate of drug-likeness (QED) is 0.107. The van der Waals surface area contributed by atoms with Crippen LogP contribution in [-0.2, 0) is 26.5 Å². The number of imidazole rings is 1. The zero-order valence-corrected chi connectivity index (χ0v) is 44.7. The fourth-order valence-electron chi connectivity index (χ4n) is 9.95. The minimum Gasteiger partial charge on any atom is -0.350 e. The summed E-state index contributed by atoms with van der Waals surface area (Å²) >= 11 is 1.84. The molecule has 343 valence electrons. The van der Waals surface area contributed by atoms with Crippen molar-refractivity contribution in [2.75, 3.05) is 0 Å². The largest absolute Gasteiger partial charge is 0.350 e. The summed E-state index contributed by atoms with van der Waals surface area (Å²) in [6, 6.07) is 61.3. The van der Waals surface area contributed by atoms with Crippen LogP contribution in [0.25, 0.3) is 87.0 Å². The summed E-state index contributed by atoms with van der Waals surface area (Å²) in [5.74, 6) is 2.30. The Morgan fingerprint density at radius 3 is 1.85 bits per heavy atom. The van der Waals surface area contributed by atoms with Gasteiger partial charge in [0.1, 0.15) is 0 Å². The molecule has 7 aromatic carbocycles. The van der Waals surface area contributed by atoms with Gasteiger partial charge in [-0.3, -0.25) is 4.98 Å². The van der Waals surface area contributed by atoms with Crippen LogP contribution in [0.2, 0.25) is 19.6 Å². The zero-order valence-electron chi connectivity index (χ0n) is 40.5. The maximum atomic E-state index is 5.40. The van der Waals surface area contributed by atoms with Crippen molar-refractivity contribution >= 4 is 77.6 Å². The molecule has 0 aliphatic heterocycles. The molecule has 11 rings (SSSR count). The van der Waals surface area contributed by atoms with Crippen LogP contribution in [0.4, 0.5) is 0 Å². The summed E-state index contributed by atoms with van der Waals surface area (Å²) in [4.78, 5) is 10.1. The van der Waals surface area contributed by atoms with Gasteiger partial charge < -0.3 is 14.1 Å². The topological polar surface area (TPSA) is 35.6 Å². The van der Waals surface area contributed by atoms with Crippen molar-refractivity contribution in [3.05, 3.63) is 187 Å². The maximum absolute atomic E-state index is 5.40. The third-order valence-corrected chi connectivity index (χ3v) is 16.3. The van der Waals surface area contributed by atoms with Crippen LogP contribution >= 0.6 is 11.3 Å². The van der Waals surface area contributed by atoms with Gasteiger partial charge >= 0.3 is 0 Å². The summed E-state index contributed by atoms with van der Waals surface area (Å²) in [6.07, 6.45) is 3.24. The number of benzene rings is 7. The Hall–Kier alpha value is -5.95. The number of thiophene rings is 1. The van der Waals surface area contributed by atoms with Crippen LogP contribution in [0.3, 0.4) is 0 Å². The van der Waals surface area contributed by atoms with E-state index in [0.29, 0.717) is 17.8 Å². The maximum Gasteiger partial charge on any atom is 0.0798 e. The minimum absolute atomic E-state index is 0. The van der Waals surface area contributed by atoms with Crippen LogP contribution < -0.4 is 5.19 Å². The fraction of sp³-hybridized carbons (Fsp3) is 0.213. The van der Waals surface area contributed by atoms with Crippen LogP contribution in [0.5, 0.6) is 0 Å². The molecule has 0 atom stereocenters. The number of aromatic nitrogens is 4. The zero-order chi connectivity index (χ0) is 46.6. The molecule has 4 aromatic heterocycles. The van der Waals surface area contributed by atoms with E-state index in [1.165, 1.54) is 69.5 Å². The Morgan fingerprint density at radius 2 is 1.24 bits per heavy atom. The van der Waals surface area contributed by atoms with Gasteiger partial charge in [0.2, 0.25) is 0 Å². The predicted molar refractivity (Wildman–Crippen MR) is 291 cm³/mol. The number of pyridine rings is 1. The Bertz CT molecular complexity index is 3510. The molecular formula is C61H58IrN4SSi-2. The Kier molecular flexibility index (Phi) is 13.3. The Morgan fingerprint density at radius 1 is 0.632 bits per heavy atom. The average molecular weight is 1100 g/mol. The van der Waals surface area contributed by atoms with Gasteiger partial charge in [-0.05, 0) is 92.3 Å². The Labute approximate surface area is 420 Å². The number of hydrogen-bond acceptors (Lipinski definition) is 3. The number of nitrogens with zero attached hydrogens (tertiary/aromatic N) is 4. The van der Waals surface area contributed by atoms with Crippen molar-refractivity contribution in [1.29, 1.82) is 0 Å². The smallest absolute Gasteiger partial charge is 0.0798 e. The number of para-hydroxylation sites is 5. The molecule has 7 heteroatoms. The summed E-state index contributed by atoms with van der Waals surface area (Å²) in [7, 11) is -1.34. The van der Waals surface area contributed by atoms with E-state index in [2.05, 4.69) is 227 Å². The van der Waals surface area contributed by atoms with Gasteiger partial charge in [-0.25, -0.2) is 0 Å². The van der Waals surface area contributed by atoms with Gasteiger partial charge in [0.05, 0.1) is 24.9 Å². The molecule has 0 amide bonds. The van der Waals surface area contributed by atoms with E-state index in [0.717, 1.165) is 45.8 Å². The monoisotopic (exact) mass is 1100 g/mol.